The molecule has 1 aliphatic heterocycles. The summed E-state index contributed by atoms with van der Waals surface area (Å²) in [6, 6.07) is 7.33. The van der Waals surface area contributed by atoms with Crippen molar-refractivity contribution < 1.29 is 13.2 Å². The molecule has 1 aromatic carbocycles. The lowest BCUT2D eigenvalue weighted by Gasteiger charge is -2.28. The van der Waals surface area contributed by atoms with Crippen LogP contribution in [0.3, 0.4) is 0 Å². The first-order chi connectivity index (χ1) is 10.4. The zero-order valence-corrected chi connectivity index (χ0v) is 14.4. The first-order valence-corrected chi connectivity index (χ1v) is 9.85. The van der Waals surface area contributed by atoms with Crippen molar-refractivity contribution in [2.24, 2.45) is 0 Å². The molecule has 4 nitrogen and oxygen atoms in total. The summed E-state index contributed by atoms with van der Waals surface area (Å²) in [6.07, 6.45) is 2.40. The molecule has 0 aliphatic carbocycles. The second-order valence-corrected chi connectivity index (χ2v) is 8.44. The molecular weight excluding hydrogens is 322 g/mol. The Bertz CT molecular complexity index is 630. The lowest BCUT2D eigenvalue weighted by atomic mass is 10.1. The van der Waals surface area contributed by atoms with Gasteiger partial charge in [-0.05, 0) is 37.0 Å². The predicted molar refractivity (Wildman–Crippen MR) is 88.8 cm³/mol. The molecule has 1 aromatic rings. The van der Waals surface area contributed by atoms with E-state index in [-0.39, 0.29) is 23.5 Å². The van der Waals surface area contributed by atoms with Crippen molar-refractivity contribution in [2.45, 2.75) is 38.6 Å². The van der Waals surface area contributed by atoms with Crippen molar-refractivity contribution in [2.75, 3.05) is 18.1 Å². The van der Waals surface area contributed by atoms with E-state index < -0.39 is 9.84 Å². The molecule has 1 heterocycles. The van der Waals surface area contributed by atoms with Gasteiger partial charge in [0.15, 0.2) is 9.84 Å². The van der Waals surface area contributed by atoms with Gasteiger partial charge in [0.1, 0.15) is 0 Å². The number of sulfone groups is 1. The summed E-state index contributed by atoms with van der Waals surface area (Å²) in [6.45, 7) is 2.62. The number of amides is 1. The summed E-state index contributed by atoms with van der Waals surface area (Å²) >= 11 is 5.95. The number of aryl methyl sites for hydroxylation is 1. The third-order valence-corrected chi connectivity index (χ3v) is 5.94. The van der Waals surface area contributed by atoms with Gasteiger partial charge in [-0.25, -0.2) is 8.42 Å². The molecule has 2 rings (SSSR count). The normalized spacial score (nSPS) is 20.0. The van der Waals surface area contributed by atoms with Crippen LogP contribution in [0.5, 0.6) is 0 Å². The number of carbonyl (C=O) groups excluding carboxylic acids is 1. The lowest BCUT2D eigenvalue weighted by molar-refractivity contribution is -0.133. The molecule has 1 fully saturated rings. The maximum absolute atomic E-state index is 12.5. The van der Waals surface area contributed by atoms with Crippen molar-refractivity contribution in [1.29, 1.82) is 0 Å². The Morgan fingerprint density at radius 1 is 1.41 bits per heavy atom. The Kier molecular flexibility index (Phi) is 5.87. The van der Waals surface area contributed by atoms with Crippen molar-refractivity contribution in [1.82, 2.24) is 4.90 Å². The molecule has 0 radical (unpaired) electrons. The van der Waals surface area contributed by atoms with Crippen LogP contribution in [0.15, 0.2) is 24.3 Å². The summed E-state index contributed by atoms with van der Waals surface area (Å²) in [7, 11) is -2.98. The Morgan fingerprint density at radius 2 is 2.18 bits per heavy atom. The van der Waals surface area contributed by atoms with Crippen LogP contribution in [-0.2, 0) is 21.1 Å². The van der Waals surface area contributed by atoms with E-state index in [4.69, 9.17) is 11.6 Å². The van der Waals surface area contributed by atoms with Gasteiger partial charge in [0, 0.05) is 24.0 Å². The van der Waals surface area contributed by atoms with Gasteiger partial charge in [-0.2, -0.15) is 0 Å². The average molecular weight is 344 g/mol. The SMILES string of the molecule is CCCN(C(=O)CCc1cccc(Cl)c1)C1CCS(=O)(=O)C1. The molecule has 0 bridgehead atoms. The van der Waals surface area contributed by atoms with E-state index >= 15 is 0 Å². The number of halogens is 1. The molecule has 1 unspecified atom stereocenters. The van der Waals surface area contributed by atoms with Crippen LogP contribution >= 0.6 is 11.6 Å². The highest BCUT2D eigenvalue weighted by molar-refractivity contribution is 7.91. The van der Waals surface area contributed by atoms with Crippen LogP contribution in [0.1, 0.15) is 31.7 Å². The molecule has 122 valence electrons. The minimum absolute atomic E-state index is 0.0314. The highest BCUT2D eigenvalue weighted by atomic mass is 35.5. The second-order valence-electron chi connectivity index (χ2n) is 5.77. The fourth-order valence-electron chi connectivity index (χ4n) is 2.86. The quantitative estimate of drug-likeness (QED) is 0.798. The van der Waals surface area contributed by atoms with Crippen LogP contribution in [-0.4, -0.2) is 43.3 Å². The van der Waals surface area contributed by atoms with E-state index in [2.05, 4.69) is 0 Å². The van der Waals surface area contributed by atoms with Crippen molar-refractivity contribution in [3.63, 3.8) is 0 Å². The number of benzene rings is 1. The average Bonchev–Trinajstić information content (AvgIpc) is 2.82. The van der Waals surface area contributed by atoms with Gasteiger partial charge in [0.25, 0.3) is 0 Å². The van der Waals surface area contributed by atoms with E-state index in [1.165, 1.54) is 0 Å². The smallest absolute Gasteiger partial charge is 0.223 e. The van der Waals surface area contributed by atoms with Crippen LogP contribution in [0, 0.1) is 0 Å². The van der Waals surface area contributed by atoms with Crippen LogP contribution in [0.2, 0.25) is 5.02 Å². The Labute approximate surface area is 137 Å². The Hall–Kier alpha value is -1.07. The Balaban J connectivity index is 1.98. The van der Waals surface area contributed by atoms with E-state index in [0.717, 1.165) is 12.0 Å². The maximum atomic E-state index is 12.5. The minimum atomic E-state index is -2.98. The molecule has 1 aliphatic rings. The third-order valence-electron chi connectivity index (χ3n) is 3.95. The fraction of sp³-hybridized carbons (Fsp3) is 0.562. The minimum Gasteiger partial charge on any atom is -0.339 e. The summed E-state index contributed by atoms with van der Waals surface area (Å²) in [5.41, 5.74) is 1.02. The summed E-state index contributed by atoms with van der Waals surface area (Å²) in [5.74, 6) is 0.332. The van der Waals surface area contributed by atoms with E-state index in [1.54, 1.807) is 11.0 Å². The summed E-state index contributed by atoms with van der Waals surface area (Å²) in [4.78, 5) is 14.2. The first-order valence-electron chi connectivity index (χ1n) is 7.65. The van der Waals surface area contributed by atoms with Gasteiger partial charge >= 0.3 is 0 Å². The molecule has 0 saturated carbocycles. The highest BCUT2D eigenvalue weighted by Gasteiger charge is 2.33. The lowest BCUT2D eigenvalue weighted by Crippen LogP contribution is -2.41. The molecule has 6 heteroatoms. The van der Waals surface area contributed by atoms with Gasteiger partial charge in [-0.3, -0.25) is 4.79 Å². The molecule has 0 aromatic heterocycles. The van der Waals surface area contributed by atoms with Gasteiger partial charge in [-0.15, -0.1) is 0 Å². The summed E-state index contributed by atoms with van der Waals surface area (Å²) < 4.78 is 23.3. The van der Waals surface area contributed by atoms with E-state index in [0.29, 0.717) is 30.8 Å². The molecule has 1 amide bonds. The molecular formula is C16H22ClNO3S. The summed E-state index contributed by atoms with van der Waals surface area (Å²) in [5, 5.41) is 0.664. The van der Waals surface area contributed by atoms with Crippen LogP contribution in [0.4, 0.5) is 0 Å². The predicted octanol–water partition coefficient (Wildman–Crippen LogP) is 2.70. The zero-order valence-electron chi connectivity index (χ0n) is 12.8. The standard InChI is InChI=1S/C16H22ClNO3S/c1-2-9-18(15-8-10-22(20,21)12-15)16(19)7-6-13-4-3-5-14(17)11-13/h3-5,11,15H,2,6-10,12H2,1H3. The second kappa shape index (κ2) is 7.47. The molecule has 1 saturated heterocycles. The van der Waals surface area contributed by atoms with Crippen molar-refractivity contribution >= 4 is 27.3 Å². The Morgan fingerprint density at radius 3 is 2.77 bits per heavy atom. The van der Waals surface area contributed by atoms with Crippen molar-refractivity contribution in [3.8, 4) is 0 Å². The molecule has 0 N–H and O–H groups in total. The van der Waals surface area contributed by atoms with Crippen molar-refractivity contribution in [3.05, 3.63) is 34.9 Å². The largest absolute Gasteiger partial charge is 0.339 e. The molecule has 0 spiro atoms. The molecule has 1 atom stereocenters. The van der Waals surface area contributed by atoms with Gasteiger partial charge in [0.2, 0.25) is 5.91 Å². The zero-order chi connectivity index (χ0) is 16.2. The highest BCUT2D eigenvalue weighted by Crippen LogP contribution is 2.20. The van der Waals surface area contributed by atoms with E-state index in [1.807, 2.05) is 25.1 Å². The van der Waals surface area contributed by atoms with Crippen LogP contribution < -0.4 is 0 Å². The van der Waals surface area contributed by atoms with Gasteiger partial charge < -0.3 is 4.90 Å². The number of rotatable bonds is 6. The first kappa shape index (κ1) is 17.3. The number of hydrogen-bond acceptors (Lipinski definition) is 3. The van der Waals surface area contributed by atoms with Gasteiger partial charge in [-0.1, -0.05) is 30.7 Å². The fourth-order valence-corrected chi connectivity index (χ4v) is 4.80. The number of hydrogen-bond donors (Lipinski definition) is 0. The number of carbonyl (C=O) groups is 1. The van der Waals surface area contributed by atoms with Gasteiger partial charge in [0.05, 0.1) is 11.5 Å². The topological polar surface area (TPSA) is 54.5 Å². The monoisotopic (exact) mass is 343 g/mol. The molecule has 22 heavy (non-hydrogen) atoms. The number of nitrogens with zero attached hydrogens (tertiary/aromatic N) is 1. The third kappa shape index (κ3) is 4.71. The maximum Gasteiger partial charge on any atom is 0.223 e. The van der Waals surface area contributed by atoms with Crippen LogP contribution in [0.25, 0.3) is 0 Å². The van der Waals surface area contributed by atoms with E-state index in [9.17, 15) is 13.2 Å².